The molecule has 2 N–H and O–H groups in total. The van der Waals surface area contributed by atoms with Gasteiger partial charge in [0.1, 0.15) is 5.82 Å². The van der Waals surface area contributed by atoms with Crippen LogP contribution in [0.15, 0.2) is 71.6 Å². The van der Waals surface area contributed by atoms with E-state index >= 15 is 0 Å². The molecule has 2 aromatic carbocycles. The van der Waals surface area contributed by atoms with Crippen LogP contribution in [0.4, 0.5) is 11.4 Å². The lowest BCUT2D eigenvalue weighted by Gasteiger charge is -2.05. The molecule has 0 radical (unpaired) electrons. The Morgan fingerprint density at radius 3 is 2.56 bits per heavy atom. The number of hydrogen-bond acceptors (Lipinski definition) is 3. The minimum absolute atomic E-state index is 0.789. The highest BCUT2D eigenvalue weighted by molar-refractivity contribution is 5.89. The van der Waals surface area contributed by atoms with E-state index in [2.05, 4.69) is 15.6 Å². The molecule has 1 heterocycles. The van der Waals surface area contributed by atoms with Crippen molar-refractivity contribution in [3.05, 3.63) is 72.2 Å². The topological polar surface area (TPSA) is 36.4 Å². The Morgan fingerprint density at radius 1 is 0.889 bits per heavy atom. The summed E-state index contributed by atoms with van der Waals surface area (Å²) in [5.74, 6) is 0.789. The van der Waals surface area contributed by atoms with Gasteiger partial charge in [0.2, 0.25) is 0 Å². The number of para-hydroxylation sites is 2. The normalized spacial score (nSPS) is 13.0. The number of hydrogen-bond donors (Lipinski definition) is 2. The first kappa shape index (κ1) is 10.6. The molecular weight excluding hydrogens is 222 g/mol. The van der Waals surface area contributed by atoms with Crippen LogP contribution in [0.1, 0.15) is 5.56 Å². The van der Waals surface area contributed by atoms with Crippen LogP contribution < -0.4 is 10.6 Å². The van der Waals surface area contributed by atoms with Crippen LogP contribution >= 0.6 is 0 Å². The molecular formula is C15H13N3. The Balaban J connectivity index is 1.83. The van der Waals surface area contributed by atoms with Crippen molar-refractivity contribution in [3.8, 4) is 0 Å². The van der Waals surface area contributed by atoms with E-state index in [1.165, 1.54) is 0 Å². The molecule has 0 saturated carbocycles. The van der Waals surface area contributed by atoms with Crippen molar-refractivity contribution >= 4 is 17.6 Å². The second kappa shape index (κ2) is 4.75. The van der Waals surface area contributed by atoms with Crippen LogP contribution in [0.2, 0.25) is 0 Å². The number of nitrogens with one attached hydrogen (secondary N) is 2. The van der Waals surface area contributed by atoms with E-state index in [9.17, 15) is 0 Å². The maximum Gasteiger partial charge on any atom is 0.146 e. The Labute approximate surface area is 106 Å². The fourth-order valence-electron chi connectivity index (χ4n) is 1.80. The molecule has 0 unspecified atom stereocenters. The molecule has 18 heavy (non-hydrogen) atoms. The molecule has 1 aliphatic heterocycles. The van der Waals surface area contributed by atoms with E-state index in [0.29, 0.717) is 0 Å². The van der Waals surface area contributed by atoms with Crippen molar-refractivity contribution in [2.75, 3.05) is 10.6 Å². The van der Waals surface area contributed by atoms with E-state index in [0.717, 1.165) is 22.8 Å². The van der Waals surface area contributed by atoms with Crippen molar-refractivity contribution in [1.82, 2.24) is 0 Å². The molecule has 3 nitrogen and oxygen atoms in total. The molecule has 3 rings (SSSR count). The largest absolute Gasteiger partial charge is 0.358 e. The lowest BCUT2D eigenvalue weighted by atomic mass is 10.2. The Morgan fingerprint density at radius 2 is 1.67 bits per heavy atom. The van der Waals surface area contributed by atoms with Crippen LogP contribution in [-0.4, -0.2) is 6.21 Å². The third kappa shape index (κ3) is 2.25. The molecule has 0 saturated heterocycles. The molecule has 2 aromatic rings. The zero-order valence-corrected chi connectivity index (χ0v) is 9.80. The minimum atomic E-state index is 0.789. The summed E-state index contributed by atoms with van der Waals surface area (Å²) in [6.07, 6.45) is 3.73. The first-order valence-electron chi connectivity index (χ1n) is 5.84. The van der Waals surface area contributed by atoms with Gasteiger partial charge in [-0.2, -0.15) is 0 Å². The number of rotatable bonds is 2. The molecule has 0 spiro atoms. The van der Waals surface area contributed by atoms with Gasteiger partial charge in [0.15, 0.2) is 0 Å². The standard InChI is InChI=1S/C15H13N3/c1-2-7-13(8-3-1)18-15-11-16-14-9-5-4-6-12(14)10-17-15/h1-11,16,18H. The summed E-state index contributed by atoms with van der Waals surface area (Å²) < 4.78 is 0. The van der Waals surface area contributed by atoms with E-state index < -0.39 is 0 Å². The molecule has 0 bridgehead atoms. The second-order valence-corrected chi connectivity index (χ2v) is 4.01. The van der Waals surface area contributed by atoms with Gasteiger partial charge in [0.25, 0.3) is 0 Å². The molecule has 0 aliphatic carbocycles. The van der Waals surface area contributed by atoms with Crippen LogP contribution in [0, 0.1) is 0 Å². The fraction of sp³-hybridized carbons (Fsp3) is 0. The lowest BCUT2D eigenvalue weighted by Crippen LogP contribution is -1.98. The van der Waals surface area contributed by atoms with Crippen LogP contribution in [-0.2, 0) is 0 Å². The minimum Gasteiger partial charge on any atom is -0.358 e. The van der Waals surface area contributed by atoms with E-state index in [1.54, 1.807) is 0 Å². The van der Waals surface area contributed by atoms with Gasteiger partial charge in [0.05, 0.1) is 0 Å². The number of benzene rings is 2. The third-order valence-corrected chi connectivity index (χ3v) is 2.71. The summed E-state index contributed by atoms with van der Waals surface area (Å²) in [5, 5.41) is 6.50. The first-order chi connectivity index (χ1) is 8.92. The van der Waals surface area contributed by atoms with Crippen molar-refractivity contribution < 1.29 is 0 Å². The summed E-state index contributed by atoms with van der Waals surface area (Å²) in [6.45, 7) is 0. The predicted molar refractivity (Wildman–Crippen MR) is 75.8 cm³/mol. The van der Waals surface area contributed by atoms with Gasteiger partial charge in [-0.15, -0.1) is 0 Å². The number of aliphatic imine (C=N–C) groups is 1. The fourth-order valence-corrected chi connectivity index (χ4v) is 1.80. The zero-order valence-electron chi connectivity index (χ0n) is 9.80. The summed E-state index contributed by atoms with van der Waals surface area (Å²) in [5.41, 5.74) is 3.17. The lowest BCUT2D eigenvalue weighted by molar-refractivity contribution is 1.30. The van der Waals surface area contributed by atoms with Gasteiger partial charge in [-0.3, -0.25) is 0 Å². The van der Waals surface area contributed by atoms with Crippen molar-refractivity contribution in [2.45, 2.75) is 0 Å². The van der Waals surface area contributed by atoms with Gasteiger partial charge >= 0.3 is 0 Å². The molecule has 0 atom stereocenters. The summed E-state index contributed by atoms with van der Waals surface area (Å²) >= 11 is 0. The third-order valence-electron chi connectivity index (χ3n) is 2.71. The molecule has 0 amide bonds. The van der Waals surface area contributed by atoms with E-state index in [-0.39, 0.29) is 0 Å². The average molecular weight is 235 g/mol. The van der Waals surface area contributed by atoms with Gasteiger partial charge < -0.3 is 10.6 Å². The van der Waals surface area contributed by atoms with Crippen molar-refractivity contribution in [3.63, 3.8) is 0 Å². The highest BCUT2D eigenvalue weighted by Crippen LogP contribution is 2.18. The SMILES string of the molecule is C1=NC(Nc2ccccc2)=CNc2ccccc21. The Hall–Kier alpha value is -2.55. The predicted octanol–water partition coefficient (Wildman–Crippen LogP) is 3.44. The average Bonchev–Trinajstić information content (AvgIpc) is 2.63. The maximum absolute atomic E-state index is 4.42. The van der Waals surface area contributed by atoms with E-state index in [4.69, 9.17) is 0 Å². The maximum atomic E-state index is 4.42. The summed E-state index contributed by atoms with van der Waals surface area (Å²) in [7, 11) is 0. The number of anilines is 2. The summed E-state index contributed by atoms with van der Waals surface area (Å²) in [4.78, 5) is 4.42. The highest BCUT2D eigenvalue weighted by atomic mass is 15.1. The van der Waals surface area contributed by atoms with Gasteiger partial charge in [0, 0.05) is 29.4 Å². The van der Waals surface area contributed by atoms with Crippen molar-refractivity contribution in [1.29, 1.82) is 0 Å². The molecule has 1 aliphatic rings. The van der Waals surface area contributed by atoms with Gasteiger partial charge in [-0.05, 0) is 18.2 Å². The van der Waals surface area contributed by atoms with Gasteiger partial charge in [-0.25, -0.2) is 4.99 Å². The Kier molecular flexibility index (Phi) is 2.80. The zero-order chi connectivity index (χ0) is 12.2. The van der Waals surface area contributed by atoms with E-state index in [1.807, 2.05) is 67.0 Å². The second-order valence-electron chi connectivity index (χ2n) is 4.01. The van der Waals surface area contributed by atoms with Crippen LogP contribution in [0.3, 0.4) is 0 Å². The quantitative estimate of drug-likeness (QED) is 0.836. The van der Waals surface area contributed by atoms with Gasteiger partial charge in [-0.1, -0.05) is 36.4 Å². The monoisotopic (exact) mass is 235 g/mol. The molecule has 3 heteroatoms. The summed E-state index contributed by atoms with van der Waals surface area (Å²) in [6, 6.07) is 18.1. The van der Waals surface area contributed by atoms with Crippen molar-refractivity contribution in [2.24, 2.45) is 4.99 Å². The highest BCUT2D eigenvalue weighted by Gasteiger charge is 2.03. The molecule has 0 aromatic heterocycles. The number of nitrogens with zero attached hydrogens (tertiary/aromatic N) is 1. The van der Waals surface area contributed by atoms with Crippen LogP contribution in [0.25, 0.3) is 0 Å². The number of fused-ring (bicyclic) bond motifs is 1. The smallest absolute Gasteiger partial charge is 0.146 e. The molecule has 88 valence electrons. The van der Waals surface area contributed by atoms with Crippen LogP contribution in [0.5, 0.6) is 0 Å². The molecule has 0 fully saturated rings. The first-order valence-corrected chi connectivity index (χ1v) is 5.84. The Bertz CT molecular complexity index is 600.